The number of nitrogens with two attached hydrogens (primary N) is 1. The minimum atomic E-state index is -3.74. The van der Waals surface area contributed by atoms with E-state index in [4.69, 9.17) is 11.0 Å². The van der Waals surface area contributed by atoms with Gasteiger partial charge in [0.1, 0.15) is 21.1 Å². The summed E-state index contributed by atoms with van der Waals surface area (Å²) in [5.41, 5.74) is 19.0. The summed E-state index contributed by atoms with van der Waals surface area (Å²) in [6, 6.07) is 18.0. The van der Waals surface area contributed by atoms with E-state index < -0.39 is 20.0 Å². The lowest BCUT2D eigenvalue weighted by Gasteiger charge is -2.13. The quantitative estimate of drug-likeness (QED) is 0.102. The predicted octanol–water partition coefficient (Wildman–Crippen LogP) is 6.43. The highest BCUT2D eigenvalue weighted by Crippen LogP contribution is 2.40. The van der Waals surface area contributed by atoms with E-state index in [0.717, 1.165) is 61.6 Å². The van der Waals surface area contributed by atoms with Gasteiger partial charge in [0.2, 0.25) is 20.0 Å². The van der Waals surface area contributed by atoms with Crippen molar-refractivity contribution >= 4 is 31.3 Å². The molecular weight excluding hydrogens is 873 g/mol. The molecule has 0 saturated heterocycles. The molecular formula is C48H52N12O4S2. The summed E-state index contributed by atoms with van der Waals surface area (Å²) in [7, 11) is -7.43. The van der Waals surface area contributed by atoms with Gasteiger partial charge in [0.05, 0.1) is 48.5 Å². The topological polar surface area (TPSA) is 212 Å². The highest BCUT2D eigenvalue weighted by molar-refractivity contribution is 7.89. The van der Waals surface area contributed by atoms with E-state index in [2.05, 4.69) is 60.2 Å². The van der Waals surface area contributed by atoms with E-state index in [-0.39, 0.29) is 22.9 Å². The number of sulfonamides is 2. The molecule has 0 unspecified atom stereocenters. The number of nitrogens with one attached hydrogen (secondary N) is 2. The zero-order chi connectivity index (χ0) is 46.3. The second-order valence-electron chi connectivity index (χ2n) is 17.5. The maximum Gasteiger partial charge on any atom is 0.243 e. The standard InChI is InChI=1S/C24H28N6O2S.C24H24N6O2S/c2*1-16-7-18(9-25)8-17(2)23(16)11-27-33(31,32)22-10-26-30(15-22)14-21-13-29-12-20(19-3-4-19)5-6-24(29)28-21/h5-8,10,12-13,15,19,27H,3-4,9,11,14,25H2,1-2H3;5-8,10,12-13,15,19,27H,3-4,11,14H2,1-2H3. The first-order valence-corrected chi connectivity index (χ1v) is 24.9. The van der Waals surface area contributed by atoms with Crippen LogP contribution in [0.4, 0.5) is 0 Å². The number of benzene rings is 2. The molecule has 0 atom stereocenters. The monoisotopic (exact) mass is 924 g/mol. The minimum Gasteiger partial charge on any atom is -0.326 e. The maximum atomic E-state index is 12.9. The molecule has 0 bridgehead atoms. The van der Waals surface area contributed by atoms with Crippen LogP contribution in [-0.4, -0.2) is 55.2 Å². The zero-order valence-corrected chi connectivity index (χ0v) is 38.9. The smallest absolute Gasteiger partial charge is 0.243 e. The van der Waals surface area contributed by atoms with Gasteiger partial charge in [-0.2, -0.15) is 15.5 Å². The van der Waals surface area contributed by atoms with Gasteiger partial charge in [-0.3, -0.25) is 9.36 Å². The number of rotatable bonds is 15. The molecule has 4 N–H and O–H groups in total. The van der Waals surface area contributed by atoms with Crippen molar-refractivity contribution in [1.29, 1.82) is 5.26 Å². The summed E-state index contributed by atoms with van der Waals surface area (Å²) in [4.78, 5) is 9.50. The average molecular weight is 925 g/mol. The molecule has 2 aliphatic rings. The predicted molar refractivity (Wildman–Crippen MR) is 249 cm³/mol. The maximum absolute atomic E-state index is 12.9. The first-order valence-electron chi connectivity index (χ1n) is 21.9. The summed E-state index contributed by atoms with van der Waals surface area (Å²) >= 11 is 0. The van der Waals surface area contributed by atoms with Gasteiger partial charge in [0, 0.05) is 56.8 Å². The number of aryl methyl sites for hydroxylation is 4. The van der Waals surface area contributed by atoms with Gasteiger partial charge in [-0.25, -0.2) is 36.2 Å². The molecule has 340 valence electrons. The summed E-state index contributed by atoms with van der Waals surface area (Å²) < 4.78 is 64.0. The summed E-state index contributed by atoms with van der Waals surface area (Å²) in [5.74, 6) is 1.35. The van der Waals surface area contributed by atoms with Gasteiger partial charge in [-0.15, -0.1) is 0 Å². The van der Waals surface area contributed by atoms with Crippen molar-refractivity contribution in [3.63, 3.8) is 0 Å². The van der Waals surface area contributed by atoms with Gasteiger partial charge in [0.25, 0.3) is 0 Å². The molecule has 6 heterocycles. The van der Waals surface area contributed by atoms with Gasteiger partial charge in [-0.1, -0.05) is 24.3 Å². The fraction of sp³-hybridized carbons (Fsp3) is 0.312. The molecule has 18 heteroatoms. The van der Waals surface area contributed by atoms with Crippen LogP contribution in [0.1, 0.15) is 105 Å². The SMILES string of the molecule is Cc1cc(C#N)cc(C)c1CNS(=O)(=O)c1cnn(Cc2cn3cc(C4CC4)ccc3n2)c1.Cc1cc(CN)cc(C)c1CNS(=O)(=O)c1cnn(Cc2cn3cc(C4CC4)ccc3n2)c1. The number of hydrogen-bond acceptors (Lipinski definition) is 10. The van der Waals surface area contributed by atoms with Crippen molar-refractivity contribution in [2.24, 2.45) is 5.73 Å². The third-order valence-electron chi connectivity index (χ3n) is 12.3. The first-order chi connectivity index (χ1) is 31.6. The number of imidazole rings is 2. The molecule has 8 aromatic rings. The lowest BCUT2D eigenvalue weighted by atomic mass is 9.99. The Labute approximate surface area is 384 Å². The molecule has 2 aromatic carbocycles. The fourth-order valence-corrected chi connectivity index (χ4v) is 10.3. The lowest BCUT2D eigenvalue weighted by Crippen LogP contribution is -2.24. The highest BCUT2D eigenvalue weighted by atomic mass is 32.2. The largest absolute Gasteiger partial charge is 0.326 e. The van der Waals surface area contributed by atoms with Crippen LogP contribution in [0, 0.1) is 39.0 Å². The summed E-state index contributed by atoms with van der Waals surface area (Å²) in [6.45, 7) is 9.28. The Balaban J connectivity index is 0.000000166. The summed E-state index contributed by atoms with van der Waals surface area (Å²) in [5, 5.41) is 17.6. The Morgan fingerprint density at radius 2 is 1.06 bits per heavy atom. The third-order valence-corrected chi connectivity index (χ3v) is 15.0. The van der Waals surface area contributed by atoms with E-state index in [0.29, 0.717) is 37.0 Å². The van der Waals surface area contributed by atoms with Crippen LogP contribution >= 0.6 is 0 Å². The number of nitrogens with zero attached hydrogens (tertiary/aromatic N) is 9. The van der Waals surface area contributed by atoms with Crippen LogP contribution in [0.2, 0.25) is 0 Å². The lowest BCUT2D eigenvalue weighted by molar-refractivity contribution is 0.579. The van der Waals surface area contributed by atoms with Crippen molar-refractivity contribution in [2.45, 2.75) is 108 Å². The number of aromatic nitrogens is 8. The normalized spacial score (nSPS) is 14.1. The fourth-order valence-electron chi connectivity index (χ4n) is 8.38. The van der Waals surface area contributed by atoms with Crippen LogP contribution in [0.15, 0.2) is 108 Å². The molecule has 0 amide bonds. The van der Waals surface area contributed by atoms with Crippen LogP contribution in [0.5, 0.6) is 0 Å². The Morgan fingerprint density at radius 1 is 0.636 bits per heavy atom. The van der Waals surface area contributed by atoms with E-state index in [1.54, 1.807) is 27.7 Å². The van der Waals surface area contributed by atoms with Crippen LogP contribution in [0.3, 0.4) is 0 Å². The van der Waals surface area contributed by atoms with E-state index in [1.807, 2.05) is 73.2 Å². The molecule has 2 saturated carbocycles. The zero-order valence-electron chi connectivity index (χ0n) is 37.3. The van der Waals surface area contributed by atoms with Crippen molar-refractivity contribution in [2.75, 3.05) is 0 Å². The van der Waals surface area contributed by atoms with Crippen LogP contribution < -0.4 is 15.2 Å². The first kappa shape index (κ1) is 44.7. The molecule has 66 heavy (non-hydrogen) atoms. The Kier molecular flexibility index (Phi) is 12.2. The van der Waals surface area contributed by atoms with Crippen LogP contribution in [-0.2, 0) is 52.8 Å². The van der Waals surface area contributed by atoms with Crippen molar-refractivity contribution in [1.82, 2.24) is 47.8 Å². The van der Waals surface area contributed by atoms with Gasteiger partial charge < -0.3 is 14.5 Å². The van der Waals surface area contributed by atoms with Gasteiger partial charge in [-0.05, 0) is 140 Å². The van der Waals surface area contributed by atoms with Gasteiger partial charge in [0.15, 0.2) is 0 Å². The Morgan fingerprint density at radius 3 is 1.45 bits per heavy atom. The van der Waals surface area contributed by atoms with Gasteiger partial charge >= 0.3 is 0 Å². The molecule has 0 radical (unpaired) electrons. The van der Waals surface area contributed by atoms with Crippen LogP contribution in [0.25, 0.3) is 11.3 Å². The highest BCUT2D eigenvalue weighted by Gasteiger charge is 2.25. The number of hydrogen-bond donors (Lipinski definition) is 3. The van der Waals surface area contributed by atoms with Crippen molar-refractivity contribution in [3.05, 3.63) is 165 Å². The average Bonchev–Trinajstić information content (AvgIpc) is 4.11. The molecule has 16 nitrogen and oxygen atoms in total. The Bertz CT molecular complexity index is 3340. The number of pyridine rings is 2. The van der Waals surface area contributed by atoms with Crippen molar-refractivity contribution in [3.8, 4) is 6.07 Å². The van der Waals surface area contributed by atoms with Crippen molar-refractivity contribution < 1.29 is 16.8 Å². The second-order valence-corrected chi connectivity index (χ2v) is 21.0. The van der Waals surface area contributed by atoms with E-state index in [1.165, 1.54) is 55.4 Å². The second kappa shape index (κ2) is 18.1. The molecule has 0 spiro atoms. The molecule has 0 aliphatic heterocycles. The number of fused-ring (bicyclic) bond motifs is 2. The molecule has 10 rings (SSSR count). The Hall–Kier alpha value is -6.49. The number of nitriles is 1. The molecule has 2 fully saturated rings. The van der Waals surface area contributed by atoms with E-state index >= 15 is 0 Å². The molecule has 2 aliphatic carbocycles. The van der Waals surface area contributed by atoms with E-state index in [9.17, 15) is 16.8 Å². The minimum absolute atomic E-state index is 0.103. The third kappa shape index (κ3) is 10.0. The molecule has 6 aromatic heterocycles. The summed E-state index contributed by atoms with van der Waals surface area (Å²) in [6.07, 6.45) is 19.0.